The minimum atomic E-state index is -4.13. The summed E-state index contributed by atoms with van der Waals surface area (Å²) in [7, 11) is -4.13. The predicted molar refractivity (Wildman–Crippen MR) is 191 cm³/mol. The third-order valence-electron chi connectivity index (χ3n) is 8.86. The Morgan fingerprint density at radius 2 is 1.69 bits per heavy atom. The number of esters is 2. The average molecular weight is 689 g/mol. The SMILES string of the molecule is CCCCC/C=C/C(C)=C/C1CC(C)C/C=C/CCC(OS(=O)(=O)c2ccc(C)cc2)C(OC(C)=O)CCC(C)CC(O)C(C)C(=O)O1. The van der Waals surface area contributed by atoms with E-state index in [4.69, 9.17) is 13.7 Å². The lowest BCUT2D eigenvalue weighted by molar-refractivity contribution is -0.156. The van der Waals surface area contributed by atoms with Gasteiger partial charge in [0.15, 0.2) is 0 Å². The summed E-state index contributed by atoms with van der Waals surface area (Å²) in [5.41, 5.74) is 1.96. The molecular weight excluding hydrogens is 628 g/mol. The molecule has 1 aromatic carbocycles. The molecule has 48 heavy (non-hydrogen) atoms. The first kappa shape index (κ1) is 41.4. The van der Waals surface area contributed by atoms with E-state index in [1.54, 1.807) is 19.1 Å². The van der Waals surface area contributed by atoms with E-state index >= 15 is 0 Å². The van der Waals surface area contributed by atoms with E-state index in [-0.39, 0.29) is 16.7 Å². The first-order valence-corrected chi connectivity index (χ1v) is 19.2. The van der Waals surface area contributed by atoms with E-state index < -0.39 is 52.4 Å². The maximum absolute atomic E-state index is 13.3. The molecule has 2 rings (SSSR count). The molecule has 0 amide bonds. The second kappa shape index (κ2) is 21.4. The first-order chi connectivity index (χ1) is 22.7. The minimum absolute atomic E-state index is 0.0432. The van der Waals surface area contributed by atoms with Crippen LogP contribution in [0.5, 0.6) is 0 Å². The fourth-order valence-electron chi connectivity index (χ4n) is 5.83. The van der Waals surface area contributed by atoms with Gasteiger partial charge in [0, 0.05) is 6.92 Å². The van der Waals surface area contributed by atoms with Crippen molar-refractivity contribution in [1.82, 2.24) is 0 Å². The molecule has 0 saturated carbocycles. The lowest BCUT2D eigenvalue weighted by atomic mass is 9.90. The van der Waals surface area contributed by atoms with Gasteiger partial charge in [-0.1, -0.05) is 81.2 Å². The van der Waals surface area contributed by atoms with Crippen molar-refractivity contribution < 1.29 is 36.8 Å². The zero-order chi connectivity index (χ0) is 35.7. The molecule has 0 bridgehead atoms. The van der Waals surface area contributed by atoms with Crippen LogP contribution in [-0.4, -0.2) is 49.9 Å². The van der Waals surface area contributed by atoms with Gasteiger partial charge < -0.3 is 14.6 Å². The Hall–Kier alpha value is -2.75. The summed E-state index contributed by atoms with van der Waals surface area (Å²) in [6, 6.07) is 6.45. The van der Waals surface area contributed by atoms with E-state index in [1.165, 1.54) is 31.9 Å². The van der Waals surface area contributed by atoms with Crippen molar-refractivity contribution in [2.45, 2.75) is 148 Å². The van der Waals surface area contributed by atoms with Crippen LogP contribution in [0.4, 0.5) is 0 Å². The summed E-state index contributed by atoms with van der Waals surface area (Å²) in [5, 5.41) is 11.1. The zero-order valence-corrected chi connectivity index (χ0v) is 31.0. The number of hydrogen-bond donors (Lipinski definition) is 1. The highest BCUT2D eigenvalue weighted by atomic mass is 32.2. The van der Waals surface area contributed by atoms with Crippen molar-refractivity contribution in [3.8, 4) is 0 Å². The molecule has 7 unspecified atom stereocenters. The molecule has 270 valence electrons. The minimum Gasteiger partial charge on any atom is -0.460 e. The highest BCUT2D eigenvalue weighted by Crippen LogP contribution is 2.27. The maximum atomic E-state index is 13.3. The highest BCUT2D eigenvalue weighted by Gasteiger charge is 2.32. The Balaban J connectivity index is 2.33. The molecule has 9 heteroatoms. The number of hydrogen-bond acceptors (Lipinski definition) is 8. The first-order valence-electron chi connectivity index (χ1n) is 17.8. The molecule has 1 heterocycles. The Morgan fingerprint density at radius 3 is 2.35 bits per heavy atom. The lowest BCUT2D eigenvalue weighted by Crippen LogP contribution is -2.36. The van der Waals surface area contributed by atoms with Crippen LogP contribution in [0.2, 0.25) is 0 Å². The van der Waals surface area contributed by atoms with Crippen LogP contribution >= 0.6 is 0 Å². The van der Waals surface area contributed by atoms with Crippen molar-refractivity contribution >= 4 is 22.1 Å². The molecule has 0 aliphatic carbocycles. The molecule has 1 aliphatic heterocycles. The van der Waals surface area contributed by atoms with Gasteiger partial charge in [0.25, 0.3) is 10.1 Å². The van der Waals surface area contributed by atoms with Crippen LogP contribution in [0.3, 0.4) is 0 Å². The molecule has 0 spiro atoms. The van der Waals surface area contributed by atoms with E-state index in [0.717, 1.165) is 30.4 Å². The molecule has 0 fully saturated rings. The fraction of sp³-hybridized carbons (Fsp3) is 0.641. The maximum Gasteiger partial charge on any atom is 0.311 e. The molecule has 8 nitrogen and oxygen atoms in total. The fourth-order valence-corrected chi connectivity index (χ4v) is 6.96. The van der Waals surface area contributed by atoms with Gasteiger partial charge in [-0.05, 0) is 109 Å². The quantitative estimate of drug-likeness (QED) is 0.0855. The van der Waals surface area contributed by atoms with Crippen LogP contribution in [0.1, 0.15) is 118 Å². The van der Waals surface area contributed by atoms with Crippen molar-refractivity contribution in [1.29, 1.82) is 0 Å². The van der Waals surface area contributed by atoms with Crippen LogP contribution < -0.4 is 0 Å². The average Bonchev–Trinajstić information content (AvgIpc) is 3.01. The normalized spacial score (nSPS) is 28.3. The number of unbranched alkanes of at least 4 members (excludes halogenated alkanes) is 3. The van der Waals surface area contributed by atoms with Gasteiger partial charge in [0.2, 0.25) is 0 Å². The topological polar surface area (TPSA) is 116 Å². The lowest BCUT2D eigenvalue weighted by Gasteiger charge is -2.28. The Bertz CT molecular complexity index is 1310. The third-order valence-corrected chi connectivity index (χ3v) is 10.2. The van der Waals surface area contributed by atoms with Gasteiger partial charge in [0.05, 0.1) is 16.9 Å². The van der Waals surface area contributed by atoms with Gasteiger partial charge in [0.1, 0.15) is 18.3 Å². The standard InChI is InChI=1S/C39H60O8S/c1-8-9-10-11-13-16-29(3)25-34-26-30(4)17-14-12-15-18-38(47-48(43,44)35-22-19-28(2)20-23-35)37(45-33(7)40)24-21-31(5)27-36(41)32(6)39(42)46-34/h12-14,16,19-20,22-23,25,30-32,34,36-38,41H,8-11,15,17-18,21,24,26-27H2,1-7H3/b14-12+,16-13+,29-25+. The Labute approximate surface area is 290 Å². The molecular formula is C39H60O8S. The summed E-state index contributed by atoms with van der Waals surface area (Å²) in [6.45, 7) is 13.1. The smallest absolute Gasteiger partial charge is 0.311 e. The number of cyclic esters (lactones) is 1. The van der Waals surface area contributed by atoms with Crippen molar-refractivity contribution in [3.63, 3.8) is 0 Å². The number of allylic oxidation sites excluding steroid dienone is 5. The number of ether oxygens (including phenoxy) is 2. The number of aliphatic hydroxyl groups excluding tert-OH is 1. The Morgan fingerprint density at radius 1 is 0.979 bits per heavy atom. The van der Waals surface area contributed by atoms with Gasteiger partial charge in [-0.25, -0.2) is 0 Å². The summed E-state index contributed by atoms with van der Waals surface area (Å²) in [6.07, 6.45) is 15.1. The number of aliphatic hydroxyl groups is 1. The molecule has 7 atom stereocenters. The monoisotopic (exact) mass is 688 g/mol. The largest absolute Gasteiger partial charge is 0.460 e. The predicted octanol–water partition coefficient (Wildman–Crippen LogP) is 8.56. The second-order valence-electron chi connectivity index (χ2n) is 13.7. The van der Waals surface area contributed by atoms with Crippen LogP contribution in [0, 0.1) is 24.7 Å². The zero-order valence-electron chi connectivity index (χ0n) is 30.2. The number of aryl methyl sites for hydroxylation is 1. The van der Waals surface area contributed by atoms with Crippen LogP contribution in [0.15, 0.2) is 65.1 Å². The van der Waals surface area contributed by atoms with Crippen molar-refractivity contribution in [3.05, 3.63) is 65.8 Å². The molecule has 1 N–H and O–H groups in total. The van der Waals surface area contributed by atoms with Crippen LogP contribution in [0.25, 0.3) is 0 Å². The number of carbonyl (C=O) groups is 2. The number of carbonyl (C=O) groups excluding carboxylic acids is 2. The summed E-state index contributed by atoms with van der Waals surface area (Å²) < 4.78 is 44.1. The van der Waals surface area contributed by atoms with Gasteiger partial charge >= 0.3 is 11.9 Å². The highest BCUT2D eigenvalue weighted by molar-refractivity contribution is 7.86. The van der Waals surface area contributed by atoms with E-state index in [1.807, 2.05) is 32.9 Å². The van der Waals surface area contributed by atoms with E-state index in [2.05, 4.69) is 32.1 Å². The second-order valence-corrected chi connectivity index (χ2v) is 15.3. The van der Waals surface area contributed by atoms with Gasteiger partial charge in [-0.3, -0.25) is 13.8 Å². The van der Waals surface area contributed by atoms with E-state index in [0.29, 0.717) is 38.5 Å². The van der Waals surface area contributed by atoms with Crippen molar-refractivity contribution in [2.75, 3.05) is 0 Å². The van der Waals surface area contributed by atoms with Crippen molar-refractivity contribution in [2.24, 2.45) is 17.8 Å². The molecule has 0 aromatic heterocycles. The van der Waals surface area contributed by atoms with Gasteiger partial charge in [-0.15, -0.1) is 0 Å². The summed E-state index contributed by atoms with van der Waals surface area (Å²) >= 11 is 0. The van der Waals surface area contributed by atoms with E-state index in [9.17, 15) is 23.1 Å². The molecule has 1 aliphatic rings. The van der Waals surface area contributed by atoms with Crippen LogP contribution in [-0.2, 0) is 33.4 Å². The summed E-state index contributed by atoms with van der Waals surface area (Å²) in [5.74, 6) is -1.58. The molecule has 0 radical (unpaired) electrons. The molecule has 0 saturated heterocycles. The number of rotatable bonds is 10. The Kier molecular flexibility index (Phi) is 18.4. The molecule has 1 aromatic rings. The number of benzene rings is 1. The summed E-state index contributed by atoms with van der Waals surface area (Å²) in [4.78, 5) is 25.5. The van der Waals surface area contributed by atoms with Gasteiger partial charge in [-0.2, -0.15) is 8.42 Å². The third kappa shape index (κ3) is 15.6.